The van der Waals surface area contributed by atoms with E-state index in [-0.39, 0.29) is 5.56 Å². The van der Waals surface area contributed by atoms with Gasteiger partial charge in [0.05, 0.1) is 11.9 Å². The van der Waals surface area contributed by atoms with E-state index in [2.05, 4.69) is 15.8 Å². The molecule has 1 aliphatic rings. The molecule has 0 radical (unpaired) electrons. The second-order valence-corrected chi connectivity index (χ2v) is 5.31. The van der Waals surface area contributed by atoms with Gasteiger partial charge in [0.25, 0.3) is 17.4 Å². The fraction of sp³-hybridized carbons (Fsp3) is 0.118. The fourth-order valence-electron chi connectivity index (χ4n) is 2.16. The number of benzene rings is 2. The first-order chi connectivity index (χ1) is 11.5. The van der Waals surface area contributed by atoms with Crippen LogP contribution in [0.3, 0.4) is 0 Å². The Morgan fingerprint density at radius 2 is 1.96 bits per heavy atom. The van der Waals surface area contributed by atoms with E-state index in [9.17, 15) is 14.0 Å². The van der Waals surface area contributed by atoms with Crippen molar-refractivity contribution in [1.82, 2.24) is 5.43 Å². The van der Waals surface area contributed by atoms with Crippen LogP contribution in [0.2, 0.25) is 0 Å². The number of anilines is 1. The summed E-state index contributed by atoms with van der Waals surface area (Å²) < 4.78 is 19.0. The first kappa shape index (κ1) is 15.7. The SMILES string of the molecule is CC1(C(=O)NN=Cc2ccccc2F)Oc2ccccc2NC1=O. The Hall–Kier alpha value is -3.22. The Morgan fingerprint density at radius 3 is 2.75 bits per heavy atom. The second-order valence-electron chi connectivity index (χ2n) is 5.31. The van der Waals surface area contributed by atoms with Crippen molar-refractivity contribution in [2.45, 2.75) is 12.5 Å². The topological polar surface area (TPSA) is 79.8 Å². The molecule has 0 aromatic heterocycles. The first-order valence-electron chi connectivity index (χ1n) is 7.18. The highest BCUT2D eigenvalue weighted by molar-refractivity contribution is 6.15. The quantitative estimate of drug-likeness (QED) is 0.514. The highest BCUT2D eigenvalue weighted by Crippen LogP contribution is 2.33. The van der Waals surface area contributed by atoms with Crippen LogP contribution in [0.4, 0.5) is 10.1 Å². The minimum absolute atomic E-state index is 0.210. The van der Waals surface area contributed by atoms with Gasteiger partial charge >= 0.3 is 0 Å². The van der Waals surface area contributed by atoms with Gasteiger partial charge in [0.15, 0.2) is 0 Å². The number of hydrogen-bond donors (Lipinski definition) is 2. The maximum absolute atomic E-state index is 13.5. The van der Waals surface area contributed by atoms with Crippen molar-refractivity contribution in [3.05, 3.63) is 59.9 Å². The lowest BCUT2D eigenvalue weighted by Crippen LogP contribution is -2.57. The van der Waals surface area contributed by atoms with Gasteiger partial charge in [-0.15, -0.1) is 0 Å². The Balaban J connectivity index is 1.75. The number of hydrazone groups is 1. The van der Waals surface area contributed by atoms with Crippen molar-refractivity contribution in [1.29, 1.82) is 0 Å². The van der Waals surface area contributed by atoms with Crippen LogP contribution in [0.25, 0.3) is 0 Å². The minimum atomic E-state index is -1.78. The van der Waals surface area contributed by atoms with E-state index in [1.165, 1.54) is 19.1 Å². The largest absolute Gasteiger partial charge is 0.465 e. The summed E-state index contributed by atoms with van der Waals surface area (Å²) in [6.07, 6.45) is 1.16. The molecule has 2 aromatic carbocycles. The normalized spacial score (nSPS) is 19.3. The van der Waals surface area contributed by atoms with Gasteiger partial charge in [0.1, 0.15) is 11.6 Å². The molecule has 6 nitrogen and oxygen atoms in total. The zero-order valence-corrected chi connectivity index (χ0v) is 12.7. The Kier molecular flexibility index (Phi) is 3.99. The zero-order valence-electron chi connectivity index (χ0n) is 12.7. The number of ether oxygens (including phenoxy) is 1. The number of para-hydroxylation sites is 2. The highest BCUT2D eigenvalue weighted by atomic mass is 19.1. The van der Waals surface area contributed by atoms with Crippen LogP contribution in [-0.4, -0.2) is 23.6 Å². The average Bonchev–Trinajstić information content (AvgIpc) is 2.57. The van der Waals surface area contributed by atoms with Crippen LogP contribution in [0.1, 0.15) is 12.5 Å². The van der Waals surface area contributed by atoms with Crippen LogP contribution in [0, 0.1) is 5.82 Å². The third kappa shape index (κ3) is 2.83. The molecule has 0 spiro atoms. The van der Waals surface area contributed by atoms with Crippen LogP contribution >= 0.6 is 0 Å². The lowest BCUT2D eigenvalue weighted by molar-refractivity contribution is -0.146. The van der Waals surface area contributed by atoms with E-state index in [1.54, 1.807) is 36.4 Å². The number of rotatable bonds is 3. The van der Waals surface area contributed by atoms with E-state index in [1.807, 2.05) is 0 Å². The zero-order chi connectivity index (χ0) is 17.2. The van der Waals surface area contributed by atoms with Gasteiger partial charge in [-0.05, 0) is 25.1 Å². The standard InChI is InChI=1S/C17H14FN3O3/c1-17(15(22)20-13-8-4-5-9-14(13)24-17)16(23)21-19-10-11-6-2-3-7-12(11)18/h2-10H,1H3,(H,20,22)(H,21,23). The van der Waals surface area contributed by atoms with E-state index in [0.29, 0.717) is 11.4 Å². The molecule has 1 aliphatic heterocycles. The number of halogens is 1. The summed E-state index contributed by atoms with van der Waals surface area (Å²) in [6.45, 7) is 1.34. The molecule has 0 saturated carbocycles. The minimum Gasteiger partial charge on any atom is -0.465 e. The Labute approximate surface area is 137 Å². The van der Waals surface area contributed by atoms with Gasteiger partial charge < -0.3 is 10.1 Å². The number of carbonyl (C=O) groups excluding carboxylic acids is 2. The second kappa shape index (κ2) is 6.11. The fourth-order valence-corrected chi connectivity index (χ4v) is 2.16. The third-order valence-corrected chi connectivity index (χ3v) is 3.59. The van der Waals surface area contributed by atoms with Crippen molar-refractivity contribution in [2.24, 2.45) is 5.10 Å². The summed E-state index contributed by atoms with van der Waals surface area (Å²) >= 11 is 0. The van der Waals surface area contributed by atoms with E-state index >= 15 is 0 Å². The summed E-state index contributed by atoms with van der Waals surface area (Å²) in [4.78, 5) is 24.5. The van der Waals surface area contributed by atoms with Crippen molar-refractivity contribution in [3.63, 3.8) is 0 Å². The molecule has 2 aromatic rings. The molecule has 1 heterocycles. The number of amides is 2. The van der Waals surface area contributed by atoms with E-state index in [4.69, 9.17) is 4.74 Å². The van der Waals surface area contributed by atoms with Crippen LogP contribution in [0.5, 0.6) is 5.75 Å². The van der Waals surface area contributed by atoms with Gasteiger partial charge in [-0.1, -0.05) is 30.3 Å². The molecule has 0 aliphatic carbocycles. The number of carbonyl (C=O) groups is 2. The summed E-state index contributed by atoms with van der Waals surface area (Å²) in [5.41, 5.74) is 1.13. The smallest absolute Gasteiger partial charge is 0.293 e. The monoisotopic (exact) mass is 327 g/mol. The Morgan fingerprint density at radius 1 is 1.25 bits per heavy atom. The van der Waals surface area contributed by atoms with Crippen molar-refractivity contribution >= 4 is 23.7 Å². The summed E-state index contributed by atoms with van der Waals surface area (Å²) in [5.74, 6) is -1.46. The first-order valence-corrected chi connectivity index (χ1v) is 7.18. The van der Waals surface area contributed by atoms with Gasteiger partial charge in [-0.2, -0.15) is 5.10 Å². The molecule has 7 heteroatoms. The molecule has 122 valence electrons. The molecule has 2 amide bonds. The van der Waals surface area contributed by atoms with Gasteiger partial charge in [0.2, 0.25) is 0 Å². The number of nitrogens with zero attached hydrogens (tertiary/aromatic N) is 1. The maximum atomic E-state index is 13.5. The summed E-state index contributed by atoms with van der Waals surface area (Å²) in [5, 5.41) is 6.30. The van der Waals surface area contributed by atoms with Crippen LogP contribution in [-0.2, 0) is 9.59 Å². The van der Waals surface area contributed by atoms with Crippen molar-refractivity contribution in [2.75, 3.05) is 5.32 Å². The highest BCUT2D eigenvalue weighted by Gasteiger charge is 2.47. The molecule has 0 saturated heterocycles. The number of fused-ring (bicyclic) bond motifs is 1. The number of hydrogen-bond acceptors (Lipinski definition) is 4. The van der Waals surface area contributed by atoms with E-state index in [0.717, 1.165) is 6.21 Å². The molecule has 0 fully saturated rings. The molecule has 0 bridgehead atoms. The molecular formula is C17H14FN3O3. The predicted molar refractivity (Wildman–Crippen MR) is 86.2 cm³/mol. The molecular weight excluding hydrogens is 313 g/mol. The van der Waals surface area contributed by atoms with Crippen LogP contribution < -0.4 is 15.5 Å². The number of nitrogens with one attached hydrogen (secondary N) is 2. The summed E-state index contributed by atoms with van der Waals surface area (Å²) in [6, 6.07) is 12.7. The maximum Gasteiger partial charge on any atom is 0.293 e. The average molecular weight is 327 g/mol. The van der Waals surface area contributed by atoms with Gasteiger partial charge in [-0.3, -0.25) is 9.59 Å². The Bertz CT molecular complexity index is 837. The third-order valence-electron chi connectivity index (χ3n) is 3.59. The van der Waals surface area contributed by atoms with Crippen molar-refractivity contribution < 1.29 is 18.7 Å². The lowest BCUT2D eigenvalue weighted by Gasteiger charge is -2.32. The molecule has 1 unspecified atom stereocenters. The van der Waals surface area contributed by atoms with Gasteiger partial charge in [0, 0.05) is 5.56 Å². The lowest BCUT2D eigenvalue weighted by atomic mass is 10.0. The van der Waals surface area contributed by atoms with Gasteiger partial charge in [-0.25, -0.2) is 9.82 Å². The molecule has 3 rings (SSSR count). The van der Waals surface area contributed by atoms with Crippen LogP contribution in [0.15, 0.2) is 53.6 Å². The molecule has 2 N–H and O–H groups in total. The molecule has 1 atom stereocenters. The summed E-state index contributed by atoms with van der Waals surface area (Å²) in [7, 11) is 0. The molecule has 24 heavy (non-hydrogen) atoms. The van der Waals surface area contributed by atoms with Crippen molar-refractivity contribution in [3.8, 4) is 5.75 Å². The van der Waals surface area contributed by atoms with E-state index < -0.39 is 23.2 Å². The predicted octanol–water partition coefficient (Wildman–Crippen LogP) is 2.07.